The Morgan fingerprint density at radius 3 is 2.77 bits per heavy atom. The first-order chi connectivity index (χ1) is 10.7. The van der Waals surface area contributed by atoms with E-state index in [2.05, 4.69) is 15.6 Å². The van der Waals surface area contributed by atoms with Crippen molar-refractivity contribution in [3.63, 3.8) is 0 Å². The van der Waals surface area contributed by atoms with Gasteiger partial charge in [0.2, 0.25) is 0 Å². The number of nitrogens with one attached hydrogen (secondary N) is 3. The summed E-state index contributed by atoms with van der Waals surface area (Å²) >= 11 is 0. The minimum Gasteiger partial charge on any atom is -0.408 e. The number of urea groups is 1. The summed E-state index contributed by atoms with van der Waals surface area (Å²) in [5.74, 6) is -0.465. The van der Waals surface area contributed by atoms with Crippen LogP contribution in [0.5, 0.6) is 0 Å². The van der Waals surface area contributed by atoms with Crippen molar-refractivity contribution >= 4 is 22.8 Å². The van der Waals surface area contributed by atoms with E-state index in [9.17, 15) is 9.59 Å². The van der Waals surface area contributed by atoms with Crippen LogP contribution >= 0.6 is 0 Å². The second-order valence-electron chi connectivity index (χ2n) is 4.84. The van der Waals surface area contributed by atoms with Crippen LogP contribution in [0.15, 0.2) is 57.7 Å². The van der Waals surface area contributed by atoms with Crippen LogP contribution in [0.2, 0.25) is 0 Å². The second-order valence-corrected chi connectivity index (χ2v) is 4.84. The lowest BCUT2D eigenvalue weighted by molar-refractivity contribution is 0.252. The molecule has 0 aliphatic carbocycles. The lowest BCUT2D eigenvalue weighted by atomic mass is 10.1. The first-order valence-corrected chi connectivity index (χ1v) is 6.92. The van der Waals surface area contributed by atoms with Gasteiger partial charge in [-0.3, -0.25) is 4.98 Å². The third kappa shape index (κ3) is 3.35. The molecule has 0 aliphatic heterocycles. The Labute approximate surface area is 126 Å². The normalized spacial score (nSPS) is 10.5. The van der Waals surface area contributed by atoms with Crippen molar-refractivity contribution in [2.45, 2.75) is 6.42 Å². The van der Waals surface area contributed by atoms with Gasteiger partial charge in [0.05, 0.1) is 5.52 Å². The lowest BCUT2D eigenvalue weighted by Gasteiger charge is -2.07. The Balaban J connectivity index is 1.53. The van der Waals surface area contributed by atoms with Crippen LogP contribution in [0.4, 0.5) is 10.5 Å². The largest absolute Gasteiger partial charge is 0.417 e. The number of hydrogen-bond donors (Lipinski definition) is 3. The van der Waals surface area contributed by atoms with Gasteiger partial charge in [0, 0.05) is 12.2 Å². The fourth-order valence-corrected chi connectivity index (χ4v) is 2.16. The van der Waals surface area contributed by atoms with E-state index in [1.807, 2.05) is 36.4 Å². The highest BCUT2D eigenvalue weighted by Gasteiger charge is 2.04. The number of H-pyrrole nitrogens is 1. The molecule has 6 nitrogen and oxygen atoms in total. The highest BCUT2D eigenvalue weighted by Crippen LogP contribution is 2.12. The molecule has 3 rings (SSSR count). The maximum Gasteiger partial charge on any atom is 0.417 e. The SMILES string of the molecule is O=C(NCCc1ccc2[nH]c(=O)oc2c1)Nc1ccccc1. The molecule has 0 bridgehead atoms. The molecule has 0 saturated heterocycles. The molecular weight excluding hydrogens is 282 g/mol. The van der Waals surface area contributed by atoms with Gasteiger partial charge in [-0.25, -0.2) is 9.59 Å². The van der Waals surface area contributed by atoms with E-state index in [0.717, 1.165) is 11.3 Å². The van der Waals surface area contributed by atoms with Gasteiger partial charge in [0.1, 0.15) is 0 Å². The Morgan fingerprint density at radius 1 is 1.14 bits per heavy atom. The maximum atomic E-state index is 11.7. The molecule has 0 saturated carbocycles. The summed E-state index contributed by atoms with van der Waals surface area (Å²) in [4.78, 5) is 25.4. The molecule has 2 aromatic carbocycles. The molecule has 2 amide bonds. The van der Waals surface area contributed by atoms with E-state index in [1.54, 1.807) is 12.1 Å². The van der Waals surface area contributed by atoms with Gasteiger partial charge >= 0.3 is 11.8 Å². The molecular formula is C16H15N3O3. The standard InChI is InChI=1S/C16H15N3O3/c20-15(18-12-4-2-1-3-5-12)17-9-8-11-6-7-13-14(10-11)22-16(21)19-13/h1-7,10H,8-9H2,(H,19,21)(H2,17,18,20). The first-order valence-electron chi connectivity index (χ1n) is 6.92. The van der Waals surface area contributed by atoms with Crippen molar-refractivity contribution in [2.75, 3.05) is 11.9 Å². The summed E-state index contributed by atoms with van der Waals surface area (Å²) in [6.45, 7) is 0.485. The monoisotopic (exact) mass is 297 g/mol. The zero-order valence-corrected chi connectivity index (χ0v) is 11.8. The van der Waals surface area contributed by atoms with Gasteiger partial charge in [-0.1, -0.05) is 24.3 Å². The van der Waals surface area contributed by atoms with Gasteiger partial charge in [-0.15, -0.1) is 0 Å². The van der Waals surface area contributed by atoms with Crippen molar-refractivity contribution in [3.8, 4) is 0 Å². The molecule has 3 N–H and O–H groups in total. The first kappa shape index (κ1) is 13.9. The molecule has 22 heavy (non-hydrogen) atoms. The molecule has 112 valence electrons. The summed E-state index contributed by atoms with van der Waals surface area (Å²) in [5.41, 5.74) is 2.92. The third-order valence-corrected chi connectivity index (χ3v) is 3.22. The molecule has 0 unspecified atom stereocenters. The minimum absolute atomic E-state index is 0.250. The number of para-hydroxylation sites is 1. The number of aromatic nitrogens is 1. The zero-order chi connectivity index (χ0) is 15.4. The van der Waals surface area contributed by atoms with Crippen LogP contribution in [0.25, 0.3) is 11.1 Å². The summed E-state index contributed by atoms with van der Waals surface area (Å²) in [6.07, 6.45) is 0.646. The zero-order valence-electron chi connectivity index (χ0n) is 11.8. The van der Waals surface area contributed by atoms with Gasteiger partial charge in [0.25, 0.3) is 0 Å². The fourth-order valence-electron chi connectivity index (χ4n) is 2.16. The van der Waals surface area contributed by atoms with Gasteiger partial charge in [-0.05, 0) is 36.2 Å². The number of aromatic amines is 1. The van der Waals surface area contributed by atoms with Crippen molar-refractivity contribution in [3.05, 3.63) is 64.6 Å². The molecule has 6 heteroatoms. The van der Waals surface area contributed by atoms with E-state index in [4.69, 9.17) is 4.42 Å². The van der Waals surface area contributed by atoms with Crippen molar-refractivity contribution in [2.24, 2.45) is 0 Å². The number of carbonyl (C=O) groups is 1. The van der Waals surface area contributed by atoms with Gasteiger partial charge in [0.15, 0.2) is 5.58 Å². The molecule has 3 aromatic rings. The van der Waals surface area contributed by atoms with Crippen LogP contribution in [-0.4, -0.2) is 17.6 Å². The molecule has 0 radical (unpaired) electrons. The Kier molecular flexibility index (Phi) is 3.91. The molecule has 1 aromatic heterocycles. The molecule has 0 spiro atoms. The number of hydrogen-bond acceptors (Lipinski definition) is 3. The van der Waals surface area contributed by atoms with Crippen LogP contribution in [0.3, 0.4) is 0 Å². The summed E-state index contributed by atoms with van der Waals surface area (Å²) in [7, 11) is 0. The van der Waals surface area contributed by atoms with Gasteiger partial charge in [-0.2, -0.15) is 0 Å². The number of fused-ring (bicyclic) bond motifs is 1. The molecule has 0 aliphatic rings. The number of rotatable bonds is 4. The third-order valence-electron chi connectivity index (χ3n) is 3.22. The maximum absolute atomic E-state index is 11.7. The van der Waals surface area contributed by atoms with Crippen molar-refractivity contribution in [1.82, 2.24) is 10.3 Å². The number of benzene rings is 2. The second kappa shape index (κ2) is 6.17. The predicted octanol–water partition coefficient (Wildman–Crippen LogP) is 2.49. The highest BCUT2D eigenvalue weighted by atomic mass is 16.4. The topological polar surface area (TPSA) is 87.1 Å². The average Bonchev–Trinajstić information content (AvgIpc) is 2.87. The number of oxazole rings is 1. The van der Waals surface area contributed by atoms with Crippen LogP contribution in [0.1, 0.15) is 5.56 Å². The van der Waals surface area contributed by atoms with E-state index in [-0.39, 0.29) is 6.03 Å². The summed E-state index contributed by atoms with van der Waals surface area (Å²) in [6, 6.07) is 14.5. The predicted molar refractivity (Wildman–Crippen MR) is 84.0 cm³/mol. The quantitative estimate of drug-likeness (QED) is 0.691. The molecule has 0 fully saturated rings. The number of anilines is 1. The number of carbonyl (C=O) groups excluding carboxylic acids is 1. The fraction of sp³-hybridized carbons (Fsp3) is 0.125. The summed E-state index contributed by atoms with van der Waals surface area (Å²) in [5, 5.41) is 5.53. The van der Waals surface area contributed by atoms with Crippen molar-refractivity contribution < 1.29 is 9.21 Å². The minimum atomic E-state index is -0.465. The van der Waals surface area contributed by atoms with Crippen LogP contribution < -0.4 is 16.4 Å². The number of amides is 2. The van der Waals surface area contributed by atoms with Gasteiger partial charge < -0.3 is 15.1 Å². The van der Waals surface area contributed by atoms with Crippen LogP contribution in [-0.2, 0) is 6.42 Å². The van der Waals surface area contributed by atoms with E-state index in [1.165, 1.54) is 0 Å². The molecule has 1 heterocycles. The van der Waals surface area contributed by atoms with E-state index in [0.29, 0.717) is 24.1 Å². The Hall–Kier alpha value is -3.02. The lowest BCUT2D eigenvalue weighted by Crippen LogP contribution is -2.30. The van der Waals surface area contributed by atoms with Crippen molar-refractivity contribution in [1.29, 1.82) is 0 Å². The van der Waals surface area contributed by atoms with E-state index >= 15 is 0 Å². The highest BCUT2D eigenvalue weighted by molar-refractivity contribution is 5.89. The van der Waals surface area contributed by atoms with Crippen LogP contribution in [0, 0.1) is 0 Å². The molecule has 0 atom stereocenters. The Bertz CT molecular complexity index is 836. The average molecular weight is 297 g/mol. The smallest absolute Gasteiger partial charge is 0.408 e. The Morgan fingerprint density at radius 2 is 1.95 bits per heavy atom. The van der Waals surface area contributed by atoms with E-state index < -0.39 is 5.76 Å². The summed E-state index contributed by atoms with van der Waals surface area (Å²) < 4.78 is 5.00.